The van der Waals surface area contributed by atoms with Gasteiger partial charge in [-0.25, -0.2) is 0 Å². The van der Waals surface area contributed by atoms with E-state index in [0.29, 0.717) is 5.41 Å². The van der Waals surface area contributed by atoms with Gasteiger partial charge in [-0.1, -0.05) is 13.3 Å². The van der Waals surface area contributed by atoms with E-state index < -0.39 is 0 Å². The molecule has 128 valence electrons. The van der Waals surface area contributed by atoms with E-state index in [1.807, 2.05) is 0 Å². The molecule has 2 N–H and O–H groups in total. The van der Waals surface area contributed by atoms with Crippen LogP contribution in [0.15, 0.2) is 4.99 Å². The van der Waals surface area contributed by atoms with Crippen molar-refractivity contribution in [1.82, 2.24) is 15.5 Å². The molecule has 2 fully saturated rings. The zero-order valence-corrected chi connectivity index (χ0v) is 14.8. The average Bonchev–Trinajstić information content (AvgIpc) is 2.99. The van der Waals surface area contributed by atoms with Crippen LogP contribution in [-0.4, -0.2) is 50.1 Å². The molecule has 2 rings (SSSR count). The van der Waals surface area contributed by atoms with Crippen molar-refractivity contribution in [2.45, 2.75) is 65.2 Å². The fourth-order valence-corrected chi connectivity index (χ4v) is 3.56. The van der Waals surface area contributed by atoms with Gasteiger partial charge in [0, 0.05) is 19.6 Å². The summed E-state index contributed by atoms with van der Waals surface area (Å²) >= 11 is 0. The van der Waals surface area contributed by atoms with E-state index in [4.69, 9.17) is 4.99 Å². The number of likely N-dealkylation sites (tertiary alicyclic amines) is 1. The molecule has 1 saturated carbocycles. The van der Waals surface area contributed by atoms with Crippen molar-refractivity contribution in [2.24, 2.45) is 10.4 Å². The molecule has 1 aliphatic heterocycles. The van der Waals surface area contributed by atoms with E-state index in [2.05, 4.69) is 29.4 Å². The number of guanidine groups is 1. The van der Waals surface area contributed by atoms with Crippen molar-refractivity contribution in [1.29, 1.82) is 0 Å². The number of rotatable bonds is 9. The lowest BCUT2D eigenvalue weighted by molar-refractivity contribution is 0.139. The van der Waals surface area contributed by atoms with Gasteiger partial charge in [0.25, 0.3) is 0 Å². The summed E-state index contributed by atoms with van der Waals surface area (Å²) in [6.45, 7) is 11.3. The quantitative estimate of drug-likeness (QED) is 0.391. The first-order valence-electron chi connectivity index (χ1n) is 9.52. The summed E-state index contributed by atoms with van der Waals surface area (Å²) in [5, 5.41) is 6.90. The molecule has 4 nitrogen and oxygen atoms in total. The van der Waals surface area contributed by atoms with Crippen LogP contribution >= 0.6 is 0 Å². The molecule has 1 heterocycles. The Morgan fingerprint density at radius 3 is 2.41 bits per heavy atom. The van der Waals surface area contributed by atoms with Gasteiger partial charge in [0.05, 0.1) is 0 Å². The Bertz CT molecular complexity index is 324. The molecular formula is C18H36N4. The number of nitrogens with zero attached hydrogens (tertiary/aromatic N) is 2. The van der Waals surface area contributed by atoms with Crippen LogP contribution in [0.5, 0.6) is 0 Å². The molecule has 1 aliphatic carbocycles. The summed E-state index contributed by atoms with van der Waals surface area (Å²) in [7, 11) is 0. The van der Waals surface area contributed by atoms with Crippen LogP contribution in [0, 0.1) is 5.41 Å². The molecule has 2 aliphatic rings. The van der Waals surface area contributed by atoms with Gasteiger partial charge in [0.2, 0.25) is 0 Å². The van der Waals surface area contributed by atoms with E-state index in [1.54, 1.807) is 0 Å². The Morgan fingerprint density at radius 1 is 1.05 bits per heavy atom. The first-order chi connectivity index (χ1) is 10.8. The summed E-state index contributed by atoms with van der Waals surface area (Å²) in [5.74, 6) is 1.02. The summed E-state index contributed by atoms with van der Waals surface area (Å²) in [4.78, 5) is 7.44. The Kier molecular flexibility index (Phi) is 7.50. The molecule has 0 aromatic carbocycles. The second-order valence-corrected chi connectivity index (χ2v) is 7.08. The van der Waals surface area contributed by atoms with Gasteiger partial charge in [-0.2, -0.15) is 0 Å². The first-order valence-corrected chi connectivity index (χ1v) is 9.52. The molecule has 0 spiro atoms. The van der Waals surface area contributed by atoms with E-state index >= 15 is 0 Å². The predicted octanol–water partition coefficient (Wildman–Crippen LogP) is 3.00. The van der Waals surface area contributed by atoms with Gasteiger partial charge in [-0.05, 0) is 76.9 Å². The second kappa shape index (κ2) is 9.39. The number of nitrogens with one attached hydrogen (secondary N) is 2. The number of hydrogen-bond acceptors (Lipinski definition) is 2. The Hall–Kier alpha value is -0.770. The molecule has 0 atom stereocenters. The topological polar surface area (TPSA) is 39.7 Å². The molecule has 22 heavy (non-hydrogen) atoms. The highest BCUT2D eigenvalue weighted by Gasteiger charge is 2.34. The molecule has 0 amide bonds. The van der Waals surface area contributed by atoms with Crippen molar-refractivity contribution in [3.05, 3.63) is 0 Å². The normalized spacial score (nSPS) is 21.6. The van der Waals surface area contributed by atoms with Crippen LogP contribution in [-0.2, 0) is 0 Å². The van der Waals surface area contributed by atoms with Gasteiger partial charge in [0.15, 0.2) is 5.96 Å². The lowest BCUT2D eigenvalue weighted by Crippen LogP contribution is -2.40. The minimum atomic E-state index is 0.512. The maximum Gasteiger partial charge on any atom is 0.191 e. The largest absolute Gasteiger partial charge is 0.357 e. The van der Waals surface area contributed by atoms with Gasteiger partial charge in [0.1, 0.15) is 0 Å². The standard InChI is InChI=1S/C18H36N4/c1-3-18(10-9-11-18)16-21-17(19-4-2)20-12-5-6-13-22-14-7-8-15-22/h3-16H2,1-2H3,(H2,19,20,21). The Morgan fingerprint density at radius 2 is 1.82 bits per heavy atom. The maximum atomic E-state index is 4.84. The van der Waals surface area contributed by atoms with E-state index in [1.165, 1.54) is 71.0 Å². The minimum absolute atomic E-state index is 0.512. The van der Waals surface area contributed by atoms with Crippen LogP contribution in [0.25, 0.3) is 0 Å². The third-order valence-corrected chi connectivity index (χ3v) is 5.47. The van der Waals surface area contributed by atoms with Gasteiger partial charge in [-0.3, -0.25) is 4.99 Å². The summed E-state index contributed by atoms with van der Waals surface area (Å²) in [6, 6.07) is 0. The zero-order chi connectivity index (χ0) is 15.7. The average molecular weight is 309 g/mol. The Balaban J connectivity index is 1.62. The second-order valence-electron chi connectivity index (χ2n) is 7.08. The molecule has 0 bridgehead atoms. The highest BCUT2D eigenvalue weighted by Crippen LogP contribution is 2.43. The summed E-state index contributed by atoms with van der Waals surface area (Å²) < 4.78 is 0. The molecule has 0 radical (unpaired) electrons. The molecule has 0 aromatic heterocycles. The maximum absolute atomic E-state index is 4.84. The van der Waals surface area contributed by atoms with Crippen LogP contribution in [0.4, 0.5) is 0 Å². The SMILES string of the molecule is CCNC(=NCC1(CC)CCC1)NCCCCN1CCCC1. The van der Waals surface area contributed by atoms with Gasteiger partial charge >= 0.3 is 0 Å². The minimum Gasteiger partial charge on any atom is -0.357 e. The molecule has 0 aromatic rings. The number of aliphatic imine (C=N–C) groups is 1. The lowest BCUT2D eigenvalue weighted by atomic mass is 9.67. The van der Waals surface area contributed by atoms with E-state index in [0.717, 1.165) is 25.6 Å². The number of hydrogen-bond donors (Lipinski definition) is 2. The molecule has 1 saturated heterocycles. The van der Waals surface area contributed by atoms with E-state index in [9.17, 15) is 0 Å². The summed E-state index contributed by atoms with van der Waals surface area (Å²) in [6.07, 6.45) is 10.7. The fourth-order valence-electron chi connectivity index (χ4n) is 3.56. The van der Waals surface area contributed by atoms with Crippen LogP contribution in [0.1, 0.15) is 65.2 Å². The van der Waals surface area contributed by atoms with Crippen LogP contribution < -0.4 is 10.6 Å². The van der Waals surface area contributed by atoms with Crippen molar-refractivity contribution >= 4 is 5.96 Å². The van der Waals surface area contributed by atoms with E-state index in [-0.39, 0.29) is 0 Å². The molecule has 4 heteroatoms. The first kappa shape index (κ1) is 17.6. The van der Waals surface area contributed by atoms with Crippen LogP contribution in [0.2, 0.25) is 0 Å². The zero-order valence-electron chi connectivity index (χ0n) is 14.8. The Labute approximate surface area is 137 Å². The smallest absolute Gasteiger partial charge is 0.191 e. The fraction of sp³-hybridized carbons (Fsp3) is 0.944. The van der Waals surface area contributed by atoms with Crippen molar-refractivity contribution in [2.75, 3.05) is 39.3 Å². The summed E-state index contributed by atoms with van der Waals surface area (Å²) in [5.41, 5.74) is 0.512. The molecule has 0 unspecified atom stereocenters. The van der Waals surface area contributed by atoms with Gasteiger partial charge < -0.3 is 15.5 Å². The third-order valence-electron chi connectivity index (χ3n) is 5.47. The van der Waals surface area contributed by atoms with Crippen molar-refractivity contribution in [3.8, 4) is 0 Å². The van der Waals surface area contributed by atoms with Crippen molar-refractivity contribution < 1.29 is 0 Å². The van der Waals surface area contributed by atoms with Crippen LogP contribution in [0.3, 0.4) is 0 Å². The predicted molar refractivity (Wildman–Crippen MR) is 95.5 cm³/mol. The van der Waals surface area contributed by atoms with Crippen molar-refractivity contribution in [3.63, 3.8) is 0 Å². The number of unbranched alkanes of at least 4 members (excludes halogenated alkanes) is 1. The highest BCUT2D eigenvalue weighted by atomic mass is 15.2. The highest BCUT2D eigenvalue weighted by molar-refractivity contribution is 5.79. The third kappa shape index (κ3) is 5.45. The van der Waals surface area contributed by atoms with Gasteiger partial charge in [-0.15, -0.1) is 0 Å². The monoisotopic (exact) mass is 308 g/mol. The lowest BCUT2D eigenvalue weighted by Gasteiger charge is -2.40. The molecular weight excluding hydrogens is 272 g/mol.